The van der Waals surface area contributed by atoms with Gasteiger partial charge in [0.1, 0.15) is 11.6 Å². The zero-order valence-electron chi connectivity index (χ0n) is 13.7. The zero-order valence-corrected chi connectivity index (χ0v) is 13.7. The molecule has 1 aromatic heterocycles. The van der Waals surface area contributed by atoms with E-state index in [0.717, 1.165) is 48.6 Å². The van der Waals surface area contributed by atoms with Gasteiger partial charge in [0, 0.05) is 13.1 Å². The number of hydrogen-bond donors (Lipinski definition) is 0. The summed E-state index contributed by atoms with van der Waals surface area (Å²) in [4.78, 5) is 2.27. The second-order valence-electron chi connectivity index (χ2n) is 6.02. The molecule has 0 aromatic carbocycles. The van der Waals surface area contributed by atoms with Crippen molar-refractivity contribution >= 4 is 5.82 Å². The molecule has 1 saturated heterocycles. The van der Waals surface area contributed by atoms with Gasteiger partial charge in [-0.2, -0.15) is 10.4 Å². The quantitative estimate of drug-likeness (QED) is 0.831. The van der Waals surface area contributed by atoms with E-state index >= 15 is 0 Å². The molecule has 0 bridgehead atoms. The third-order valence-corrected chi connectivity index (χ3v) is 5.18. The Bertz CT molecular complexity index is 540. The summed E-state index contributed by atoms with van der Waals surface area (Å²) >= 11 is 0. The molecule has 0 N–H and O–H groups in total. The first-order chi connectivity index (χ1) is 10.1. The molecular weight excluding hydrogens is 260 g/mol. The lowest BCUT2D eigenvalue weighted by Gasteiger charge is -2.27. The Hall–Kier alpha value is -1.63. The number of rotatable bonds is 5. The summed E-state index contributed by atoms with van der Waals surface area (Å²) < 4.78 is 0. The van der Waals surface area contributed by atoms with E-state index in [1.165, 1.54) is 19.3 Å². The molecule has 21 heavy (non-hydrogen) atoms. The highest BCUT2D eigenvalue weighted by Gasteiger charge is 2.36. The van der Waals surface area contributed by atoms with Crippen LogP contribution in [0.25, 0.3) is 0 Å². The summed E-state index contributed by atoms with van der Waals surface area (Å²) in [6, 6.07) is 2.39. The number of aryl methyl sites for hydroxylation is 1. The first-order valence-electron chi connectivity index (χ1n) is 8.18. The lowest BCUT2D eigenvalue weighted by atomic mass is 9.82. The molecule has 0 spiro atoms. The lowest BCUT2D eigenvalue weighted by molar-refractivity contribution is 0.301. The van der Waals surface area contributed by atoms with E-state index in [1.807, 2.05) is 0 Å². The highest BCUT2D eigenvalue weighted by Crippen LogP contribution is 2.39. The van der Waals surface area contributed by atoms with Crippen molar-refractivity contribution in [3.8, 4) is 6.07 Å². The van der Waals surface area contributed by atoms with Crippen LogP contribution in [-0.2, 0) is 12.8 Å². The lowest BCUT2D eigenvalue weighted by Crippen LogP contribution is -2.28. The summed E-state index contributed by atoms with van der Waals surface area (Å²) in [6.07, 6.45) is 5.23. The van der Waals surface area contributed by atoms with Gasteiger partial charge in [-0.15, -0.1) is 5.10 Å². The Balaban J connectivity index is 2.40. The molecule has 0 saturated carbocycles. The van der Waals surface area contributed by atoms with Crippen molar-refractivity contribution in [2.45, 2.75) is 59.8 Å². The predicted octanol–water partition coefficient (Wildman–Crippen LogP) is 3.49. The van der Waals surface area contributed by atoms with Crippen molar-refractivity contribution in [3.05, 3.63) is 16.8 Å². The van der Waals surface area contributed by atoms with Gasteiger partial charge in [-0.05, 0) is 43.1 Å². The average Bonchev–Trinajstić information content (AvgIpc) is 2.98. The first kappa shape index (κ1) is 15.8. The number of nitrogens with zero attached hydrogens (tertiary/aromatic N) is 4. The van der Waals surface area contributed by atoms with E-state index in [9.17, 15) is 5.26 Å². The molecule has 0 atom stereocenters. The van der Waals surface area contributed by atoms with Crippen LogP contribution in [0.4, 0.5) is 5.82 Å². The monoisotopic (exact) mass is 286 g/mol. The highest BCUT2D eigenvalue weighted by molar-refractivity contribution is 5.58. The molecule has 1 aliphatic heterocycles. The van der Waals surface area contributed by atoms with E-state index < -0.39 is 0 Å². The second kappa shape index (κ2) is 6.43. The number of nitriles is 1. The van der Waals surface area contributed by atoms with Crippen LogP contribution in [0.5, 0.6) is 0 Å². The molecule has 4 heteroatoms. The SMILES string of the molecule is CCc1nnc(N2CCC(CC)(CC)C2)c(C#N)c1CC. The van der Waals surface area contributed by atoms with Crippen LogP contribution in [0.3, 0.4) is 0 Å². The van der Waals surface area contributed by atoms with Crippen molar-refractivity contribution in [2.24, 2.45) is 5.41 Å². The number of hydrogen-bond acceptors (Lipinski definition) is 4. The van der Waals surface area contributed by atoms with Crippen LogP contribution in [0.2, 0.25) is 0 Å². The Labute approximate surface area is 128 Å². The predicted molar refractivity (Wildman–Crippen MR) is 85.3 cm³/mol. The molecule has 114 valence electrons. The minimum Gasteiger partial charge on any atom is -0.353 e. The third-order valence-electron chi connectivity index (χ3n) is 5.18. The van der Waals surface area contributed by atoms with Gasteiger partial charge in [0.15, 0.2) is 5.82 Å². The number of aromatic nitrogens is 2. The van der Waals surface area contributed by atoms with E-state index in [4.69, 9.17) is 0 Å². The Morgan fingerprint density at radius 1 is 1.14 bits per heavy atom. The van der Waals surface area contributed by atoms with Crippen molar-refractivity contribution in [1.29, 1.82) is 5.26 Å². The maximum absolute atomic E-state index is 9.61. The maximum Gasteiger partial charge on any atom is 0.169 e. The minimum absolute atomic E-state index is 0.379. The average molecular weight is 286 g/mol. The molecule has 2 rings (SSSR count). The van der Waals surface area contributed by atoms with Crippen molar-refractivity contribution in [2.75, 3.05) is 18.0 Å². The van der Waals surface area contributed by atoms with Gasteiger partial charge >= 0.3 is 0 Å². The molecule has 0 aliphatic carbocycles. The van der Waals surface area contributed by atoms with E-state index in [2.05, 4.69) is 48.9 Å². The van der Waals surface area contributed by atoms with E-state index in [0.29, 0.717) is 5.41 Å². The topological polar surface area (TPSA) is 52.8 Å². The Morgan fingerprint density at radius 2 is 1.86 bits per heavy atom. The van der Waals surface area contributed by atoms with Crippen LogP contribution >= 0.6 is 0 Å². The molecule has 1 aliphatic rings. The summed E-state index contributed by atoms with van der Waals surface area (Å²) in [5.74, 6) is 0.801. The summed E-state index contributed by atoms with van der Waals surface area (Å²) in [6.45, 7) is 10.7. The number of anilines is 1. The van der Waals surface area contributed by atoms with Gasteiger partial charge in [0.2, 0.25) is 0 Å². The fourth-order valence-electron chi connectivity index (χ4n) is 3.44. The van der Waals surface area contributed by atoms with Gasteiger partial charge in [-0.25, -0.2) is 0 Å². The Kier molecular flexibility index (Phi) is 4.82. The van der Waals surface area contributed by atoms with Gasteiger partial charge in [0.25, 0.3) is 0 Å². The van der Waals surface area contributed by atoms with Crippen molar-refractivity contribution in [1.82, 2.24) is 10.2 Å². The van der Waals surface area contributed by atoms with Crippen LogP contribution in [0, 0.1) is 16.7 Å². The van der Waals surface area contributed by atoms with Crippen LogP contribution < -0.4 is 4.90 Å². The van der Waals surface area contributed by atoms with E-state index in [1.54, 1.807) is 0 Å². The summed E-state index contributed by atoms with van der Waals surface area (Å²) in [7, 11) is 0. The molecule has 1 fully saturated rings. The fourth-order valence-corrected chi connectivity index (χ4v) is 3.44. The highest BCUT2D eigenvalue weighted by atomic mass is 15.3. The molecular formula is C17H26N4. The van der Waals surface area contributed by atoms with Gasteiger partial charge in [-0.3, -0.25) is 0 Å². The van der Waals surface area contributed by atoms with Crippen LogP contribution in [0.15, 0.2) is 0 Å². The zero-order chi connectivity index (χ0) is 15.5. The van der Waals surface area contributed by atoms with Gasteiger partial charge < -0.3 is 4.90 Å². The maximum atomic E-state index is 9.61. The Morgan fingerprint density at radius 3 is 2.33 bits per heavy atom. The normalized spacial score (nSPS) is 17.0. The summed E-state index contributed by atoms with van der Waals surface area (Å²) in [5, 5.41) is 18.4. The second-order valence-corrected chi connectivity index (χ2v) is 6.02. The standard InChI is InChI=1S/C17H26N4/c1-5-13-14(11-18)16(20-19-15(13)6-2)21-10-9-17(7-3,8-4)12-21/h5-10,12H2,1-4H3. The largest absolute Gasteiger partial charge is 0.353 e. The van der Waals surface area contributed by atoms with Gasteiger partial charge in [-0.1, -0.05) is 27.7 Å². The molecule has 2 heterocycles. The van der Waals surface area contributed by atoms with Crippen molar-refractivity contribution in [3.63, 3.8) is 0 Å². The van der Waals surface area contributed by atoms with E-state index in [-0.39, 0.29) is 0 Å². The van der Waals surface area contributed by atoms with Crippen molar-refractivity contribution < 1.29 is 0 Å². The molecule has 0 unspecified atom stereocenters. The third kappa shape index (κ3) is 2.74. The fraction of sp³-hybridized carbons (Fsp3) is 0.706. The minimum atomic E-state index is 0.379. The van der Waals surface area contributed by atoms with Crippen LogP contribution in [-0.4, -0.2) is 23.3 Å². The molecule has 4 nitrogen and oxygen atoms in total. The van der Waals surface area contributed by atoms with Gasteiger partial charge in [0.05, 0.1) is 5.69 Å². The van der Waals surface area contributed by atoms with Crippen LogP contribution in [0.1, 0.15) is 63.8 Å². The molecule has 1 aromatic rings. The summed E-state index contributed by atoms with van der Waals surface area (Å²) in [5.41, 5.74) is 3.17. The first-order valence-corrected chi connectivity index (χ1v) is 8.18. The molecule has 0 radical (unpaired) electrons. The smallest absolute Gasteiger partial charge is 0.169 e. The molecule has 0 amide bonds.